The zero-order valence-corrected chi connectivity index (χ0v) is 18.0. The maximum Gasteiger partial charge on any atom is 0.261 e. The molecule has 1 N–H and O–H groups in total. The molecule has 0 unspecified atom stereocenters. The first kappa shape index (κ1) is 22.0. The van der Waals surface area contributed by atoms with Gasteiger partial charge in [-0.05, 0) is 36.3 Å². The zero-order chi connectivity index (χ0) is 21.7. The number of methoxy groups -OCH3 is 1. The first-order valence-electron chi connectivity index (χ1n) is 10.4. The van der Waals surface area contributed by atoms with E-state index in [2.05, 4.69) is 17.1 Å². The van der Waals surface area contributed by atoms with E-state index in [1.54, 1.807) is 12.0 Å². The van der Waals surface area contributed by atoms with Crippen LogP contribution in [0.3, 0.4) is 0 Å². The standard InChI is InChI=1S/C24H30N2O4/c1-24(2)15-20-18(21(27)16-24)14-19(22(28)25-20)23(29)26(12-13-30-3)11-7-10-17-8-5-4-6-9-17/h4-6,8-9,14H,7,10-13,15-16H2,1-3H3,(H,25,28). The number of pyridine rings is 1. The van der Waals surface area contributed by atoms with Gasteiger partial charge in [-0.25, -0.2) is 0 Å². The van der Waals surface area contributed by atoms with Crippen molar-refractivity contribution >= 4 is 11.7 Å². The van der Waals surface area contributed by atoms with E-state index in [4.69, 9.17) is 4.74 Å². The van der Waals surface area contributed by atoms with Crippen LogP contribution in [0.2, 0.25) is 0 Å². The fraction of sp³-hybridized carbons (Fsp3) is 0.458. The summed E-state index contributed by atoms with van der Waals surface area (Å²) in [6, 6.07) is 11.6. The van der Waals surface area contributed by atoms with Gasteiger partial charge in [-0.3, -0.25) is 14.4 Å². The summed E-state index contributed by atoms with van der Waals surface area (Å²) >= 11 is 0. The second-order valence-corrected chi connectivity index (χ2v) is 8.72. The molecule has 0 saturated carbocycles. The largest absolute Gasteiger partial charge is 0.383 e. The zero-order valence-electron chi connectivity index (χ0n) is 18.0. The molecule has 1 aromatic heterocycles. The van der Waals surface area contributed by atoms with Gasteiger partial charge in [0.1, 0.15) is 5.56 Å². The van der Waals surface area contributed by atoms with Crippen LogP contribution in [0, 0.1) is 5.41 Å². The van der Waals surface area contributed by atoms with Gasteiger partial charge in [-0.2, -0.15) is 0 Å². The Morgan fingerprint density at radius 1 is 1.13 bits per heavy atom. The summed E-state index contributed by atoms with van der Waals surface area (Å²) in [5.74, 6) is -0.388. The Balaban J connectivity index is 1.79. The van der Waals surface area contributed by atoms with Gasteiger partial charge < -0.3 is 14.6 Å². The molecule has 0 spiro atoms. The van der Waals surface area contributed by atoms with Crippen LogP contribution in [0.15, 0.2) is 41.2 Å². The van der Waals surface area contributed by atoms with Crippen LogP contribution in [0.25, 0.3) is 0 Å². The summed E-state index contributed by atoms with van der Waals surface area (Å²) in [5.41, 5.74) is 1.70. The van der Waals surface area contributed by atoms with Crippen molar-refractivity contribution in [3.63, 3.8) is 0 Å². The van der Waals surface area contributed by atoms with Crippen LogP contribution < -0.4 is 5.56 Å². The second-order valence-electron chi connectivity index (χ2n) is 8.72. The van der Waals surface area contributed by atoms with Gasteiger partial charge in [0.25, 0.3) is 11.5 Å². The molecule has 2 aromatic rings. The van der Waals surface area contributed by atoms with Gasteiger partial charge in [0.15, 0.2) is 5.78 Å². The molecule has 30 heavy (non-hydrogen) atoms. The minimum atomic E-state index is -0.435. The molecule has 0 aliphatic heterocycles. The van der Waals surface area contributed by atoms with Gasteiger partial charge in [0, 0.05) is 37.9 Å². The minimum Gasteiger partial charge on any atom is -0.383 e. The van der Waals surface area contributed by atoms with Crippen molar-refractivity contribution in [2.45, 2.75) is 39.5 Å². The third-order valence-electron chi connectivity index (χ3n) is 5.54. The summed E-state index contributed by atoms with van der Waals surface area (Å²) in [4.78, 5) is 42.9. The number of nitrogens with zero attached hydrogens (tertiary/aromatic N) is 1. The molecule has 1 aromatic carbocycles. The van der Waals surface area contributed by atoms with Crippen molar-refractivity contribution in [1.29, 1.82) is 0 Å². The Morgan fingerprint density at radius 2 is 1.87 bits per heavy atom. The highest BCUT2D eigenvalue weighted by Gasteiger charge is 2.33. The Morgan fingerprint density at radius 3 is 2.57 bits per heavy atom. The maximum absolute atomic E-state index is 13.2. The smallest absolute Gasteiger partial charge is 0.261 e. The fourth-order valence-corrected chi connectivity index (χ4v) is 3.99. The van der Waals surface area contributed by atoms with E-state index in [1.165, 1.54) is 11.6 Å². The van der Waals surface area contributed by atoms with Gasteiger partial charge in [-0.1, -0.05) is 44.2 Å². The molecule has 6 heteroatoms. The van der Waals surface area contributed by atoms with E-state index in [0.29, 0.717) is 43.8 Å². The highest BCUT2D eigenvalue weighted by atomic mass is 16.5. The molecule has 3 rings (SSSR count). The van der Waals surface area contributed by atoms with Crippen molar-refractivity contribution in [1.82, 2.24) is 9.88 Å². The summed E-state index contributed by atoms with van der Waals surface area (Å²) in [7, 11) is 1.58. The maximum atomic E-state index is 13.2. The number of carbonyl (C=O) groups excluding carboxylic acids is 2. The lowest BCUT2D eigenvalue weighted by molar-refractivity contribution is 0.0691. The molecule has 0 radical (unpaired) electrons. The minimum absolute atomic E-state index is 0.0256. The molecular weight excluding hydrogens is 380 g/mol. The van der Waals surface area contributed by atoms with Gasteiger partial charge in [0.2, 0.25) is 0 Å². The first-order chi connectivity index (χ1) is 14.3. The third-order valence-corrected chi connectivity index (χ3v) is 5.54. The number of Topliss-reactive ketones (excluding diaryl/α,β-unsaturated/α-hetero) is 1. The van der Waals surface area contributed by atoms with E-state index in [-0.39, 0.29) is 22.7 Å². The van der Waals surface area contributed by atoms with E-state index in [9.17, 15) is 14.4 Å². The Labute approximate surface area is 177 Å². The van der Waals surface area contributed by atoms with E-state index in [0.717, 1.165) is 12.8 Å². The molecule has 6 nitrogen and oxygen atoms in total. The Hall–Kier alpha value is -2.73. The predicted molar refractivity (Wildman–Crippen MR) is 116 cm³/mol. The quantitative estimate of drug-likeness (QED) is 0.725. The third kappa shape index (κ3) is 5.25. The van der Waals surface area contributed by atoms with Crippen molar-refractivity contribution in [2.24, 2.45) is 5.41 Å². The van der Waals surface area contributed by atoms with Crippen LogP contribution in [-0.4, -0.2) is 48.4 Å². The summed E-state index contributed by atoms with van der Waals surface area (Å²) in [6.07, 6.45) is 2.63. The molecule has 0 atom stereocenters. The number of rotatable bonds is 8. The average molecular weight is 411 g/mol. The van der Waals surface area contributed by atoms with E-state index < -0.39 is 5.56 Å². The number of ether oxygens (including phenoxy) is 1. The number of amides is 1. The van der Waals surface area contributed by atoms with Crippen LogP contribution in [0.1, 0.15) is 58.7 Å². The highest BCUT2D eigenvalue weighted by Crippen LogP contribution is 2.33. The van der Waals surface area contributed by atoms with Gasteiger partial charge >= 0.3 is 0 Å². The molecule has 0 fully saturated rings. The summed E-state index contributed by atoms with van der Waals surface area (Å²) < 4.78 is 5.15. The van der Waals surface area contributed by atoms with Crippen LogP contribution in [0.5, 0.6) is 0 Å². The number of hydrogen-bond acceptors (Lipinski definition) is 4. The van der Waals surface area contributed by atoms with E-state index in [1.807, 2.05) is 32.0 Å². The lowest BCUT2D eigenvalue weighted by Gasteiger charge is -2.30. The number of hydrogen-bond donors (Lipinski definition) is 1. The molecule has 1 amide bonds. The number of aryl methyl sites for hydroxylation is 1. The topological polar surface area (TPSA) is 79.5 Å². The number of nitrogens with one attached hydrogen (secondary N) is 1. The van der Waals surface area contributed by atoms with Gasteiger partial charge in [0.05, 0.1) is 6.61 Å². The van der Waals surface area contributed by atoms with Gasteiger partial charge in [-0.15, -0.1) is 0 Å². The molecule has 1 aliphatic rings. The Kier molecular flexibility index (Phi) is 6.87. The lowest BCUT2D eigenvalue weighted by Crippen LogP contribution is -2.39. The highest BCUT2D eigenvalue weighted by molar-refractivity contribution is 6.02. The van der Waals surface area contributed by atoms with Crippen molar-refractivity contribution in [2.75, 3.05) is 26.8 Å². The monoisotopic (exact) mass is 410 g/mol. The lowest BCUT2D eigenvalue weighted by atomic mass is 9.75. The number of fused-ring (bicyclic) bond motifs is 1. The first-order valence-corrected chi connectivity index (χ1v) is 10.4. The number of benzene rings is 1. The van der Waals surface area contributed by atoms with Crippen LogP contribution >= 0.6 is 0 Å². The molecule has 160 valence electrons. The fourth-order valence-electron chi connectivity index (χ4n) is 3.99. The number of carbonyl (C=O) groups is 2. The van der Waals surface area contributed by atoms with Crippen LogP contribution in [0.4, 0.5) is 0 Å². The number of aromatic nitrogens is 1. The number of ketones is 1. The second kappa shape index (κ2) is 9.39. The average Bonchev–Trinajstić information content (AvgIpc) is 2.69. The number of aromatic amines is 1. The molecule has 1 heterocycles. The summed E-state index contributed by atoms with van der Waals surface area (Å²) in [6.45, 7) is 5.29. The molecule has 0 saturated heterocycles. The predicted octanol–water partition coefficient (Wildman–Crippen LogP) is 3.25. The number of H-pyrrole nitrogens is 1. The van der Waals surface area contributed by atoms with Crippen molar-refractivity contribution < 1.29 is 14.3 Å². The molecule has 1 aliphatic carbocycles. The Bertz CT molecular complexity index is 963. The van der Waals surface area contributed by atoms with Crippen LogP contribution in [-0.2, 0) is 17.6 Å². The molecular formula is C24H30N2O4. The van der Waals surface area contributed by atoms with Crippen molar-refractivity contribution in [3.05, 3.63) is 69.1 Å². The molecule has 0 bridgehead atoms. The SMILES string of the molecule is COCCN(CCCc1ccccc1)C(=O)c1cc2c([nH]c1=O)CC(C)(C)CC2=O. The summed E-state index contributed by atoms with van der Waals surface area (Å²) in [5, 5.41) is 0. The normalized spacial score (nSPS) is 15.0. The van der Waals surface area contributed by atoms with E-state index >= 15 is 0 Å². The van der Waals surface area contributed by atoms with Crippen molar-refractivity contribution in [3.8, 4) is 0 Å².